The predicted octanol–water partition coefficient (Wildman–Crippen LogP) is 5.33. The first-order valence-corrected chi connectivity index (χ1v) is 8.36. The molecule has 0 unspecified atom stereocenters. The quantitative estimate of drug-likeness (QED) is 0.555. The summed E-state index contributed by atoms with van der Waals surface area (Å²) in [5.74, 6) is -0.572. The van der Waals surface area contributed by atoms with Crippen LogP contribution in [-0.4, -0.2) is 18.2 Å². The fourth-order valence-corrected chi connectivity index (χ4v) is 2.59. The first-order valence-electron chi connectivity index (χ1n) is 7.98. The van der Waals surface area contributed by atoms with Gasteiger partial charge in [0.25, 0.3) is 0 Å². The number of benzene rings is 2. The highest BCUT2D eigenvalue weighted by atomic mass is 35.5. The molecule has 2 N–H and O–H groups in total. The number of hydrogen-bond donors (Lipinski definition) is 1. The van der Waals surface area contributed by atoms with Crippen molar-refractivity contribution in [3.05, 3.63) is 47.0 Å². The van der Waals surface area contributed by atoms with E-state index < -0.39 is 29.9 Å². The molecule has 0 spiro atoms. The molecule has 0 radical (unpaired) electrons. The number of carbonyl (C=O) groups is 1. The Kier molecular flexibility index (Phi) is 5.94. The van der Waals surface area contributed by atoms with E-state index in [-0.39, 0.29) is 16.3 Å². The number of ether oxygens (including phenoxy) is 2. The molecule has 0 heterocycles. The monoisotopic (exact) mass is 401 g/mol. The number of carbonyl (C=O) groups excluding carboxylic acids is 1. The number of nitrogen functional groups attached to an aromatic ring is 1. The molecule has 0 saturated carbocycles. The molecule has 2 aromatic rings. The first kappa shape index (κ1) is 20.9. The van der Waals surface area contributed by atoms with Gasteiger partial charge in [-0.1, -0.05) is 17.7 Å². The standard InChI is InChI=1S/C19H19ClF3NO3/c1-18(2,3)27-17(25)10-26-16-7-4-11(19(21,22)23)8-14(16)13-6-5-12(24)9-15(13)20/h4-9H,10,24H2,1-3H3. The van der Waals surface area contributed by atoms with Gasteiger partial charge in [-0.15, -0.1) is 0 Å². The summed E-state index contributed by atoms with van der Waals surface area (Å²) in [6.07, 6.45) is -4.54. The normalized spacial score (nSPS) is 12.0. The summed E-state index contributed by atoms with van der Waals surface area (Å²) in [5, 5.41) is 0.163. The van der Waals surface area contributed by atoms with E-state index in [2.05, 4.69) is 0 Å². The largest absolute Gasteiger partial charge is 0.481 e. The second kappa shape index (κ2) is 7.68. The van der Waals surface area contributed by atoms with Crippen LogP contribution in [0.4, 0.5) is 18.9 Å². The number of anilines is 1. The predicted molar refractivity (Wildman–Crippen MR) is 97.6 cm³/mol. The molecule has 2 rings (SSSR count). The summed E-state index contributed by atoms with van der Waals surface area (Å²) in [5.41, 5.74) is 4.84. The van der Waals surface area contributed by atoms with Gasteiger partial charge in [-0.25, -0.2) is 4.79 Å². The van der Waals surface area contributed by atoms with Crippen molar-refractivity contribution >= 4 is 23.3 Å². The molecule has 2 aromatic carbocycles. The number of alkyl halides is 3. The highest BCUT2D eigenvalue weighted by Gasteiger charge is 2.31. The topological polar surface area (TPSA) is 61.5 Å². The lowest BCUT2D eigenvalue weighted by Crippen LogP contribution is -2.27. The van der Waals surface area contributed by atoms with Crippen molar-refractivity contribution in [3.8, 4) is 16.9 Å². The van der Waals surface area contributed by atoms with Crippen LogP contribution in [0, 0.1) is 0 Å². The van der Waals surface area contributed by atoms with Crippen LogP contribution < -0.4 is 10.5 Å². The number of rotatable bonds is 4. The van der Waals surface area contributed by atoms with Crippen molar-refractivity contribution in [3.63, 3.8) is 0 Å². The van der Waals surface area contributed by atoms with E-state index >= 15 is 0 Å². The second-order valence-corrected chi connectivity index (χ2v) is 7.23. The third-order valence-electron chi connectivity index (χ3n) is 3.36. The van der Waals surface area contributed by atoms with E-state index in [0.717, 1.165) is 18.2 Å². The van der Waals surface area contributed by atoms with Crippen molar-refractivity contribution in [1.82, 2.24) is 0 Å². The molecule has 0 fully saturated rings. The van der Waals surface area contributed by atoms with E-state index in [0.29, 0.717) is 11.3 Å². The van der Waals surface area contributed by atoms with E-state index in [1.54, 1.807) is 20.8 Å². The highest BCUT2D eigenvalue weighted by Crippen LogP contribution is 2.40. The fourth-order valence-electron chi connectivity index (χ4n) is 2.30. The second-order valence-electron chi connectivity index (χ2n) is 6.82. The molecule has 0 atom stereocenters. The summed E-state index contributed by atoms with van der Waals surface area (Å²) in [6.45, 7) is 4.63. The Balaban J connectivity index is 2.40. The van der Waals surface area contributed by atoms with Gasteiger partial charge in [0.1, 0.15) is 11.4 Å². The van der Waals surface area contributed by atoms with Crippen molar-refractivity contribution in [2.75, 3.05) is 12.3 Å². The molecule has 27 heavy (non-hydrogen) atoms. The third-order valence-corrected chi connectivity index (χ3v) is 3.67. The molecular formula is C19H19ClF3NO3. The number of esters is 1. The lowest BCUT2D eigenvalue weighted by atomic mass is 10.0. The van der Waals surface area contributed by atoms with Crippen LogP contribution >= 0.6 is 11.6 Å². The SMILES string of the molecule is CC(C)(C)OC(=O)COc1ccc(C(F)(F)F)cc1-c1ccc(N)cc1Cl. The molecule has 0 aliphatic heterocycles. The van der Waals surface area contributed by atoms with Crippen molar-refractivity contribution in [2.45, 2.75) is 32.5 Å². The molecule has 0 aliphatic rings. The maximum Gasteiger partial charge on any atom is 0.416 e. The van der Waals surface area contributed by atoms with Crippen LogP contribution in [0.1, 0.15) is 26.3 Å². The zero-order chi connectivity index (χ0) is 20.4. The Morgan fingerprint density at radius 3 is 2.30 bits per heavy atom. The third kappa shape index (κ3) is 5.79. The van der Waals surface area contributed by atoms with E-state index in [1.807, 2.05) is 0 Å². The van der Waals surface area contributed by atoms with Crippen LogP contribution in [0.2, 0.25) is 5.02 Å². The minimum absolute atomic E-state index is 0.0699. The summed E-state index contributed by atoms with van der Waals surface area (Å²) in [7, 11) is 0. The van der Waals surface area contributed by atoms with Gasteiger partial charge >= 0.3 is 12.1 Å². The maximum atomic E-state index is 13.1. The number of halogens is 4. The van der Waals surface area contributed by atoms with Gasteiger partial charge in [-0.2, -0.15) is 13.2 Å². The molecule has 146 valence electrons. The minimum Gasteiger partial charge on any atom is -0.481 e. The molecular weight excluding hydrogens is 383 g/mol. The molecule has 8 heteroatoms. The summed E-state index contributed by atoms with van der Waals surface area (Å²) >= 11 is 6.14. The van der Waals surface area contributed by atoms with Crippen molar-refractivity contribution in [1.29, 1.82) is 0 Å². The smallest absolute Gasteiger partial charge is 0.416 e. The van der Waals surface area contributed by atoms with E-state index in [1.165, 1.54) is 18.2 Å². The Bertz CT molecular complexity index is 845. The van der Waals surface area contributed by atoms with Crippen LogP contribution in [0.25, 0.3) is 11.1 Å². The molecule has 0 aliphatic carbocycles. The van der Waals surface area contributed by atoms with Gasteiger partial charge < -0.3 is 15.2 Å². The van der Waals surface area contributed by atoms with Gasteiger partial charge in [0.15, 0.2) is 6.61 Å². The Morgan fingerprint density at radius 1 is 1.07 bits per heavy atom. The van der Waals surface area contributed by atoms with Gasteiger partial charge in [-0.3, -0.25) is 0 Å². The average Bonchev–Trinajstić information content (AvgIpc) is 2.50. The van der Waals surface area contributed by atoms with Crippen molar-refractivity contribution in [2.24, 2.45) is 0 Å². The van der Waals surface area contributed by atoms with E-state index in [9.17, 15) is 18.0 Å². The first-order chi connectivity index (χ1) is 12.4. The minimum atomic E-state index is -4.54. The van der Waals surface area contributed by atoms with Crippen LogP contribution in [0.5, 0.6) is 5.75 Å². The van der Waals surface area contributed by atoms with Gasteiger partial charge in [-0.05, 0) is 51.1 Å². The number of nitrogens with two attached hydrogens (primary N) is 1. The van der Waals surface area contributed by atoms with Crippen molar-refractivity contribution < 1.29 is 27.4 Å². The summed E-state index contributed by atoms with van der Waals surface area (Å²) in [6, 6.07) is 7.37. The Labute approximate surface area is 160 Å². The maximum absolute atomic E-state index is 13.1. The molecule has 0 aromatic heterocycles. The van der Waals surface area contributed by atoms with Gasteiger partial charge in [0.05, 0.1) is 10.6 Å². The summed E-state index contributed by atoms with van der Waals surface area (Å²) in [4.78, 5) is 11.8. The molecule has 0 amide bonds. The molecule has 0 saturated heterocycles. The van der Waals surface area contributed by atoms with Gasteiger partial charge in [0, 0.05) is 16.8 Å². The number of hydrogen-bond acceptors (Lipinski definition) is 4. The highest BCUT2D eigenvalue weighted by molar-refractivity contribution is 6.33. The zero-order valence-corrected chi connectivity index (χ0v) is 15.7. The molecule has 4 nitrogen and oxygen atoms in total. The van der Waals surface area contributed by atoms with E-state index in [4.69, 9.17) is 26.8 Å². The average molecular weight is 402 g/mol. The zero-order valence-electron chi connectivity index (χ0n) is 15.0. The van der Waals surface area contributed by atoms with Crippen LogP contribution in [0.15, 0.2) is 36.4 Å². The molecule has 0 bridgehead atoms. The Morgan fingerprint density at radius 2 is 1.74 bits per heavy atom. The Hall–Kier alpha value is -2.41. The fraction of sp³-hybridized carbons (Fsp3) is 0.316. The van der Waals surface area contributed by atoms with Crippen LogP contribution in [-0.2, 0) is 15.7 Å². The van der Waals surface area contributed by atoms with Gasteiger partial charge in [0.2, 0.25) is 0 Å². The van der Waals surface area contributed by atoms with Crippen LogP contribution in [0.3, 0.4) is 0 Å². The summed E-state index contributed by atoms with van der Waals surface area (Å²) < 4.78 is 49.9. The lowest BCUT2D eigenvalue weighted by Gasteiger charge is -2.20. The lowest BCUT2D eigenvalue weighted by molar-refractivity contribution is -0.157.